The predicted octanol–water partition coefficient (Wildman–Crippen LogP) is 5.45. The fourth-order valence-electron chi connectivity index (χ4n) is 7.10. The van der Waals surface area contributed by atoms with Crippen LogP contribution < -0.4 is 10.5 Å². The van der Waals surface area contributed by atoms with Crippen LogP contribution in [0.2, 0.25) is 0 Å². The second-order valence-corrected chi connectivity index (χ2v) is 13.1. The fourth-order valence-corrected chi connectivity index (χ4v) is 7.70. The van der Waals surface area contributed by atoms with Crippen molar-refractivity contribution >= 4 is 39.2 Å². The molecule has 3 fully saturated rings. The van der Waals surface area contributed by atoms with Crippen LogP contribution in [0.25, 0.3) is 33.5 Å². The molecule has 8 rings (SSSR count). The summed E-state index contributed by atoms with van der Waals surface area (Å²) in [5, 5.41) is 4.35. The van der Waals surface area contributed by atoms with Gasteiger partial charge >= 0.3 is 0 Å². The monoisotopic (exact) mass is 566 g/mol. The number of amides is 1. The number of ether oxygens (including phenoxy) is 1. The van der Waals surface area contributed by atoms with Gasteiger partial charge in [0.25, 0.3) is 5.91 Å². The Balaban J connectivity index is 1.31. The first kappa shape index (κ1) is 25.1. The van der Waals surface area contributed by atoms with E-state index in [1.54, 1.807) is 18.4 Å². The minimum absolute atomic E-state index is 0.0157. The van der Waals surface area contributed by atoms with Crippen molar-refractivity contribution < 1.29 is 9.53 Å². The van der Waals surface area contributed by atoms with Gasteiger partial charge in [0.1, 0.15) is 11.3 Å². The molecule has 3 aliphatic rings. The van der Waals surface area contributed by atoms with Gasteiger partial charge in [0, 0.05) is 47.0 Å². The van der Waals surface area contributed by atoms with E-state index in [0.29, 0.717) is 29.7 Å². The first-order valence-corrected chi connectivity index (χ1v) is 15.5. The number of thiazole rings is 1. The summed E-state index contributed by atoms with van der Waals surface area (Å²) in [4.78, 5) is 25.8. The fraction of sp³-hybridized carbons (Fsp3) is 0.406. The molecular weight excluding hydrogens is 532 g/mol. The van der Waals surface area contributed by atoms with Gasteiger partial charge in [0.2, 0.25) is 0 Å². The summed E-state index contributed by atoms with van der Waals surface area (Å²) in [5.74, 6) is 2.63. The first-order chi connectivity index (χ1) is 20.0. The molecule has 8 nitrogen and oxygen atoms in total. The molecule has 1 saturated heterocycles. The Morgan fingerprint density at radius 2 is 1.95 bits per heavy atom. The summed E-state index contributed by atoms with van der Waals surface area (Å²) in [6.07, 6.45) is 4.62. The van der Waals surface area contributed by atoms with Crippen LogP contribution in [0.3, 0.4) is 0 Å². The maximum absolute atomic E-state index is 13.8. The number of nitrogens with zero attached hydrogens (tertiary/aromatic N) is 5. The zero-order valence-corrected chi connectivity index (χ0v) is 24.2. The van der Waals surface area contributed by atoms with Crippen LogP contribution in [0.1, 0.15) is 46.7 Å². The molecule has 2 saturated carbocycles. The number of aromatic nitrogens is 4. The van der Waals surface area contributed by atoms with Gasteiger partial charge in [-0.3, -0.25) is 4.79 Å². The molecule has 0 spiro atoms. The number of likely N-dealkylation sites (tertiary alicyclic amines) is 1. The Morgan fingerprint density at radius 3 is 2.66 bits per heavy atom. The lowest BCUT2D eigenvalue weighted by atomic mass is 10.1. The number of aryl methyl sites for hydroxylation is 1. The van der Waals surface area contributed by atoms with Crippen LogP contribution in [-0.4, -0.2) is 55.6 Å². The average molecular weight is 567 g/mol. The van der Waals surface area contributed by atoms with E-state index in [9.17, 15) is 4.79 Å². The van der Waals surface area contributed by atoms with Crippen LogP contribution >= 0.6 is 11.3 Å². The third-order valence-corrected chi connectivity index (χ3v) is 10.2. The Hall–Kier alpha value is -3.69. The molecule has 41 heavy (non-hydrogen) atoms. The van der Waals surface area contributed by atoms with Crippen molar-refractivity contribution in [3.8, 4) is 17.3 Å². The number of benzene rings is 2. The quantitative estimate of drug-likeness (QED) is 0.283. The van der Waals surface area contributed by atoms with Gasteiger partial charge in [-0.1, -0.05) is 18.2 Å². The van der Waals surface area contributed by atoms with Gasteiger partial charge in [0.15, 0.2) is 5.82 Å². The largest absolute Gasteiger partial charge is 0.494 e. The van der Waals surface area contributed by atoms with E-state index in [1.807, 2.05) is 24.0 Å². The summed E-state index contributed by atoms with van der Waals surface area (Å²) in [6, 6.07) is 14.8. The molecule has 9 heteroatoms. The number of hydrogen-bond donors (Lipinski definition) is 1. The lowest BCUT2D eigenvalue weighted by Crippen LogP contribution is -2.41. The maximum atomic E-state index is 13.8. The third kappa shape index (κ3) is 4.08. The number of carbonyl (C=O) groups is 1. The zero-order valence-electron chi connectivity index (χ0n) is 23.4. The SMILES string of the molecule is COc1cc(C(=O)N2C[C@H]3CC[C@@H]2[C@@H]3N)cc2nc(-c3cc4ccccc4n3CC3CC3)n(Cc3csc(C)n3)c12. The van der Waals surface area contributed by atoms with Crippen molar-refractivity contribution in [1.82, 2.24) is 24.0 Å². The van der Waals surface area contributed by atoms with E-state index >= 15 is 0 Å². The summed E-state index contributed by atoms with van der Waals surface area (Å²) >= 11 is 1.65. The minimum Gasteiger partial charge on any atom is -0.494 e. The molecule has 210 valence electrons. The number of methoxy groups -OCH3 is 1. The van der Waals surface area contributed by atoms with Gasteiger partial charge in [-0.25, -0.2) is 9.97 Å². The Morgan fingerprint density at radius 1 is 1.10 bits per heavy atom. The topological polar surface area (TPSA) is 91.2 Å². The first-order valence-electron chi connectivity index (χ1n) is 14.6. The Kier molecular flexibility index (Phi) is 5.76. The molecule has 0 radical (unpaired) electrons. The third-order valence-electron chi connectivity index (χ3n) is 9.35. The molecule has 2 bridgehead atoms. The Bertz CT molecular complexity index is 1810. The van der Waals surface area contributed by atoms with Crippen LogP contribution in [0, 0.1) is 18.8 Å². The molecule has 0 unspecified atom stereocenters. The highest BCUT2D eigenvalue weighted by Crippen LogP contribution is 2.40. The normalized spacial score (nSPS) is 21.9. The number of para-hydroxylation sites is 1. The van der Waals surface area contributed by atoms with E-state index < -0.39 is 0 Å². The maximum Gasteiger partial charge on any atom is 0.254 e. The number of imidazole rings is 1. The standard InChI is InChI=1S/C32H34N6O2S/c1-18-34-23(17-41-18)16-38-30-24(11-22(13-28(30)40-2)32(39)37-15-21-9-10-26(37)29(21)33)35-31(38)27-12-20-5-3-4-6-25(20)36(27)14-19-7-8-19/h3-6,11-13,17,19,21,26,29H,7-10,14-16,33H2,1-2H3/t21-,26-,29-/m1/s1. The molecule has 2 N–H and O–H groups in total. The van der Waals surface area contributed by atoms with Gasteiger partial charge in [-0.15, -0.1) is 11.3 Å². The van der Waals surface area contributed by atoms with Gasteiger partial charge in [0.05, 0.1) is 35.6 Å². The highest BCUT2D eigenvalue weighted by Gasteiger charge is 2.47. The highest BCUT2D eigenvalue weighted by atomic mass is 32.1. The highest BCUT2D eigenvalue weighted by molar-refractivity contribution is 7.09. The lowest BCUT2D eigenvalue weighted by molar-refractivity contribution is 0.0700. The number of fused-ring (bicyclic) bond motifs is 4. The molecule has 1 amide bonds. The minimum atomic E-state index is 0.0157. The van der Waals surface area contributed by atoms with Crippen molar-refractivity contribution in [2.24, 2.45) is 17.6 Å². The number of carbonyl (C=O) groups excluding carboxylic acids is 1. The van der Waals surface area contributed by atoms with E-state index in [1.165, 1.54) is 23.7 Å². The number of hydrogen-bond acceptors (Lipinski definition) is 6. The summed E-state index contributed by atoms with van der Waals surface area (Å²) in [6.45, 7) is 4.30. The van der Waals surface area contributed by atoms with Crippen molar-refractivity contribution in [1.29, 1.82) is 0 Å². The second kappa shape index (κ2) is 9.42. The van der Waals surface area contributed by atoms with E-state index in [4.69, 9.17) is 20.4 Å². The molecular formula is C32H34N6O2S. The smallest absolute Gasteiger partial charge is 0.254 e. The molecule has 4 heterocycles. The van der Waals surface area contributed by atoms with Crippen LogP contribution in [-0.2, 0) is 13.1 Å². The molecule has 2 aromatic carbocycles. The predicted molar refractivity (Wildman–Crippen MR) is 161 cm³/mol. The molecule has 3 aromatic heterocycles. The second-order valence-electron chi connectivity index (χ2n) is 12.0. The lowest BCUT2D eigenvalue weighted by Gasteiger charge is -2.27. The summed E-state index contributed by atoms with van der Waals surface area (Å²) in [5.41, 5.74) is 12.0. The van der Waals surface area contributed by atoms with Crippen molar-refractivity contribution in [3.63, 3.8) is 0 Å². The van der Waals surface area contributed by atoms with Crippen LogP contribution in [0.4, 0.5) is 0 Å². The summed E-state index contributed by atoms with van der Waals surface area (Å²) < 4.78 is 10.6. The summed E-state index contributed by atoms with van der Waals surface area (Å²) in [7, 11) is 1.67. The number of piperidine rings is 1. The number of nitrogens with two attached hydrogens (primary N) is 1. The molecule has 2 aliphatic carbocycles. The van der Waals surface area contributed by atoms with Crippen LogP contribution in [0.5, 0.6) is 5.75 Å². The van der Waals surface area contributed by atoms with Crippen LogP contribution in [0.15, 0.2) is 47.8 Å². The number of rotatable bonds is 7. The molecule has 5 aromatic rings. The van der Waals surface area contributed by atoms with E-state index in [-0.39, 0.29) is 18.0 Å². The van der Waals surface area contributed by atoms with Gasteiger partial charge < -0.3 is 24.5 Å². The van der Waals surface area contributed by atoms with Crippen molar-refractivity contribution in [2.45, 2.75) is 57.8 Å². The van der Waals surface area contributed by atoms with Gasteiger partial charge in [-0.05, 0) is 68.7 Å². The van der Waals surface area contributed by atoms with Crippen molar-refractivity contribution in [3.05, 3.63) is 64.1 Å². The average Bonchev–Trinajstić information content (AvgIpc) is 3.25. The zero-order chi connectivity index (χ0) is 27.8. The van der Waals surface area contributed by atoms with E-state index in [2.05, 4.69) is 44.8 Å². The molecule has 3 atom stereocenters. The molecule has 1 aliphatic heterocycles. The van der Waals surface area contributed by atoms with E-state index in [0.717, 1.165) is 59.2 Å². The van der Waals surface area contributed by atoms with Gasteiger partial charge in [-0.2, -0.15) is 0 Å². The van der Waals surface area contributed by atoms with Crippen molar-refractivity contribution in [2.75, 3.05) is 13.7 Å². The Labute approximate surface area is 242 Å².